The van der Waals surface area contributed by atoms with Gasteiger partial charge >= 0.3 is 12.2 Å². The highest BCUT2D eigenvalue weighted by Crippen LogP contribution is 2.32. The highest BCUT2D eigenvalue weighted by Gasteiger charge is 2.31. The van der Waals surface area contributed by atoms with E-state index in [-0.39, 0.29) is 21.9 Å². The Morgan fingerprint density at radius 3 is 2.67 bits per heavy atom. The molecule has 3 aromatic rings. The van der Waals surface area contributed by atoms with Crippen molar-refractivity contribution in [2.75, 3.05) is 5.32 Å². The van der Waals surface area contributed by atoms with E-state index in [1.807, 2.05) is 0 Å². The number of halogens is 4. The van der Waals surface area contributed by atoms with Crippen LogP contribution in [0, 0.1) is 0 Å². The van der Waals surface area contributed by atoms with Crippen LogP contribution in [0.2, 0.25) is 0 Å². The van der Waals surface area contributed by atoms with E-state index in [0.29, 0.717) is 5.76 Å². The lowest BCUT2D eigenvalue weighted by Crippen LogP contribution is -2.14. The van der Waals surface area contributed by atoms with Gasteiger partial charge in [0.25, 0.3) is 11.8 Å². The molecule has 0 bridgehead atoms. The molecule has 0 unspecified atom stereocenters. The largest absolute Gasteiger partial charge is 0.459 e. The quantitative estimate of drug-likeness (QED) is 0.704. The van der Waals surface area contributed by atoms with Crippen molar-refractivity contribution in [1.29, 1.82) is 0 Å². The molecule has 3 rings (SSSR count). The van der Waals surface area contributed by atoms with Crippen LogP contribution in [0.15, 0.2) is 49.9 Å². The Balaban J connectivity index is 1.82. The third kappa shape index (κ3) is 3.48. The Morgan fingerprint density at radius 2 is 2.00 bits per heavy atom. The molecule has 10 heteroatoms. The van der Waals surface area contributed by atoms with Crippen molar-refractivity contribution in [2.24, 2.45) is 0 Å². The van der Waals surface area contributed by atoms with Crippen molar-refractivity contribution in [3.63, 3.8) is 0 Å². The smallest absolute Gasteiger partial charge is 0.416 e. The van der Waals surface area contributed by atoms with Gasteiger partial charge < -0.3 is 8.83 Å². The van der Waals surface area contributed by atoms with Crippen LogP contribution in [0.25, 0.3) is 11.7 Å². The molecule has 124 valence electrons. The zero-order chi connectivity index (χ0) is 17.3. The molecule has 0 radical (unpaired) electrons. The number of nitrogens with one attached hydrogen (secondary N) is 1. The van der Waals surface area contributed by atoms with Crippen LogP contribution < -0.4 is 5.32 Å². The Kier molecular flexibility index (Phi) is 4.14. The predicted molar refractivity (Wildman–Crippen MR) is 79.1 cm³/mol. The van der Waals surface area contributed by atoms with Gasteiger partial charge in [0.15, 0.2) is 5.76 Å². The highest BCUT2D eigenvalue weighted by molar-refractivity contribution is 9.10. The Hall–Kier alpha value is -2.62. The normalized spacial score (nSPS) is 11.5. The maximum Gasteiger partial charge on any atom is 0.416 e. The Morgan fingerprint density at radius 1 is 1.21 bits per heavy atom. The van der Waals surface area contributed by atoms with Gasteiger partial charge in [0.1, 0.15) is 0 Å². The molecule has 1 N–H and O–H groups in total. The van der Waals surface area contributed by atoms with Crippen molar-refractivity contribution in [1.82, 2.24) is 10.2 Å². The van der Waals surface area contributed by atoms with Gasteiger partial charge in [-0.3, -0.25) is 10.1 Å². The van der Waals surface area contributed by atoms with Crippen molar-refractivity contribution in [3.8, 4) is 11.7 Å². The molecule has 0 atom stereocenters. The van der Waals surface area contributed by atoms with Gasteiger partial charge in [0.2, 0.25) is 0 Å². The van der Waals surface area contributed by atoms with E-state index in [0.717, 1.165) is 12.1 Å². The minimum absolute atomic E-state index is 0.0283. The van der Waals surface area contributed by atoms with Crippen molar-refractivity contribution in [2.45, 2.75) is 6.18 Å². The lowest BCUT2D eigenvalue weighted by atomic mass is 10.1. The maximum absolute atomic E-state index is 12.8. The number of alkyl halides is 3. The zero-order valence-corrected chi connectivity index (χ0v) is 13.2. The number of anilines is 1. The summed E-state index contributed by atoms with van der Waals surface area (Å²) in [5.41, 5.74) is -1.17. The molecule has 2 heterocycles. The zero-order valence-electron chi connectivity index (χ0n) is 11.6. The molecule has 0 saturated heterocycles. The SMILES string of the molecule is O=C(Nc1nnc(-c2ccco2)o1)c1cc(Br)cc(C(F)(F)F)c1. The molecule has 0 saturated carbocycles. The summed E-state index contributed by atoms with van der Waals surface area (Å²) in [5.74, 6) is -0.498. The standard InChI is InChI=1S/C14H7BrF3N3O3/c15-9-5-7(4-8(6-9)14(16,17)18)11(22)19-13-21-20-12(24-13)10-2-1-3-23-10/h1-6H,(H,19,21,22). The van der Waals surface area contributed by atoms with E-state index in [2.05, 4.69) is 31.4 Å². The molecule has 1 amide bonds. The van der Waals surface area contributed by atoms with E-state index in [1.54, 1.807) is 12.1 Å². The second-order valence-electron chi connectivity index (χ2n) is 4.57. The summed E-state index contributed by atoms with van der Waals surface area (Å²) in [6.45, 7) is 0. The average Bonchev–Trinajstić information content (AvgIpc) is 3.16. The molecule has 0 fully saturated rings. The number of benzene rings is 1. The van der Waals surface area contributed by atoms with Crippen molar-refractivity contribution < 1.29 is 26.8 Å². The first kappa shape index (κ1) is 16.2. The second kappa shape index (κ2) is 6.11. The highest BCUT2D eigenvalue weighted by atomic mass is 79.9. The van der Waals surface area contributed by atoms with Crippen LogP contribution in [0.3, 0.4) is 0 Å². The fraction of sp³-hybridized carbons (Fsp3) is 0.0714. The summed E-state index contributed by atoms with van der Waals surface area (Å²) in [5, 5.41) is 9.49. The number of hydrogen-bond donors (Lipinski definition) is 1. The van der Waals surface area contributed by atoms with E-state index in [1.165, 1.54) is 12.3 Å². The number of carbonyl (C=O) groups excluding carboxylic acids is 1. The first-order valence-electron chi connectivity index (χ1n) is 6.39. The van der Waals surface area contributed by atoms with Crippen LogP contribution in [0.5, 0.6) is 0 Å². The van der Waals surface area contributed by atoms with Crippen LogP contribution in [0.4, 0.5) is 19.2 Å². The summed E-state index contributed by atoms with van der Waals surface area (Å²) in [4.78, 5) is 12.1. The van der Waals surface area contributed by atoms with Gasteiger partial charge in [-0.1, -0.05) is 21.0 Å². The maximum atomic E-state index is 12.8. The molecule has 0 spiro atoms. The molecule has 1 aromatic carbocycles. The summed E-state index contributed by atoms with van der Waals surface area (Å²) >= 11 is 2.95. The monoisotopic (exact) mass is 401 g/mol. The fourth-order valence-electron chi connectivity index (χ4n) is 1.83. The Bertz CT molecular complexity index is 875. The minimum atomic E-state index is -4.57. The van der Waals surface area contributed by atoms with Crippen LogP contribution in [0.1, 0.15) is 15.9 Å². The van der Waals surface area contributed by atoms with E-state index in [9.17, 15) is 18.0 Å². The molecule has 0 aliphatic carbocycles. The average molecular weight is 402 g/mol. The van der Waals surface area contributed by atoms with Gasteiger partial charge in [-0.05, 0) is 30.3 Å². The number of aromatic nitrogens is 2. The molecule has 0 aliphatic rings. The number of hydrogen-bond acceptors (Lipinski definition) is 5. The molecule has 2 aromatic heterocycles. The van der Waals surface area contributed by atoms with Gasteiger partial charge in [-0.2, -0.15) is 13.2 Å². The lowest BCUT2D eigenvalue weighted by Gasteiger charge is -2.09. The van der Waals surface area contributed by atoms with Crippen LogP contribution >= 0.6 is 15.9 Å². The molecular weight excluding hydrogens is 395 g/mol. The fourth-order valence-corrected chi connectivity index (χ4v) is 2.32. The summed E-state index contributed by atoms with van der Waals surface area (Å²) in [6, 6.07) is 5.76. The minimum Gasteiger partial charge on any atom is -0.459 e. The van der Waals surface area contributed by atoms with Gasteiger partial charge in [0.05, 0.1) is 11.8 Å². The third-order valence-corrected chi connectivity index (χ3v) is 3.32. The number of furan rings is 1. The number of nitrogens with zero attached hydrogens (tertiary/aromatic N) is 2. The summed E-state index contributed by atoms with van der Waals surface area (Å²) in [6.07, 6.45) is -3.17. The number of rotatable bonds is 3. The van der Waals surface area contributed by atoms with E-state index in [4.69, 9.17) is 8.83 Å². The second-order valence-corrected chi connectivity index (χ2v) is 5.49. The molecule has 24 heavy (non-hydrogen) atoms. The first-order chi connectivity index (χ1) is 11.3. The molecule has 0 aliphatic heterocycles. The third-order valence-electron chi connectivity index (χ3n) is 2.86. The predicted octanol–water partition coefficient (Wildman–Crippen LogP) is 4.36. The van der Waals surface area contributed by atoms with E-state index < -0.39 is 17.6 Å². The van der Waals surface area contributed by atoms with Crippen molar-refractivity contribution >= 4 is 27.9 Å². The number of carbonyl (C=O) groups is 1. The van der Waals surface area contributed by atoms with Gasteiger partial charge in [0, 0.05) is 10.0 Å². The molecule has 6 nitrogen and oxygen atoms in total. The van der Waals surface area contributed by atoms with Gasteiger partial charge in [-0.25, -0.2) is 0 Å². The number of amides is 1. The van der Waals surface area contributed by atoms with Crippen LogP contribution in [-0.4, -0.2) is 16.1 Å². The Labute approximate surface area is 140 Å². The summed E-state index contributed by atoms with van der Waals surface area (Å²) < 4.78 is 48.7. The van der Waals surface area contributed by atoms with Gasteiger partial charge in [-0.15, -0.1) is 5.10 Å². The van der Waals surface area contributed by atoms with Crippen molar-refractivity contribution in [3.05, 3.63) is 52.2 Å². The molecular formula is C14H7BrF3N3O3. The van der Waals surface area contributed by atoms with E-state index >= 15 is 0 Å². The van der Waals surface area contributed by atoms with Crippen LogP contribution in [-0.2, 0) is 6.18 Å². The lowest BCUT2D eigenvalue weighted by molar-refractivity contribution is -0.137. The summed E-state index contributed by atoms with van der Waals surface area (Å²) in [7, 11) is 0. The topological polar surface area (TPSA) is 81.2 Å². The first-order valence-corrected chi connectivity index (χ1v) is 7.19.